The van der Waals surface area contributed by atoms with Crippen LogP contribution in [-0.2, 0) is 9.59 Å². The quantitative estimate of drug-likeness (QED) is 0.812. The van der Waals surface area contributed by atoms with E-state index >= 15 is 0 Å². The van der Waals surface area contributed by atoms with Crippen LogP contribution < -0.4 is 0 Å². The highest BCUT2D eigenvalue weighted by Gasteiger charge is 2.39. The third-order valence-corrected chi connectivity index (χ3v) is 4.76. The summed E-state index contributed by atoms with van der Waals surface area (Å²) in [6, 6.07) is 0. The second-order valence-electron chi connectivity index (χ2n) is 5.94. The third-order valence-electron chi connectivity index (χ3n) is 4.76. The molecule has 0 heterocycles. The Bertz CT molecular complexity index is 298. The maximum Gasteiger partial charge on any atom is 0.306 e. The zero-order chi connectivity index (χ0) is 13.1. The fourth-order valence-corrected chi connectivity index (χ4v) is 3.76. The number of hydrogen-bond donors (Lipinski definition) is 2. The van der Waals surface area contributed by atoms with Crippen molar-refractivity contribution in [1.82, 2.24) is 0 Å². The first-order chi connectivity index (χ1) is 8.58. The van der Waals surface area contributed by atoms with Gasteiger partial charge in [-0.3, -0.25) is 9.59 Å². The van der Waals surface area contributed by atoms with Gasteiger partial charge in [0.15, 0.2) is 0 Å². The van der Waals surface area contributed by atoms with E-state index in [1.807, 2.05) is 0 Å². The Morgan fingerprint density at radius 3 is 1.67 bits per heavy atom. The molecular formula is C14H22O4. The van der Waals surface area contributed by atoms with E-state index in [4.69, 9.17) is 10.2 Å². The normalized spacial score (nSPS) is 34.1. The van der Waals surface area contributed by atoms with Gasteiger partial charge < -0.3 is 10.2 Å². The molecule has 0 aliphatic heterocycles. The molecule has 2 atom stereocenters. The second kappa shape index (κ2) is 5.72. The number of carboxylic acids is 2. The lowest BCUT2D eigenvalue weighted by atomic mass is 9.67. The molecule has 2 aliphatic rings. The van der Waals surface area contributed by atoms with Crippen molar-refractivity contribution in [3.05, 3.63) is 0 Å². The molecule has 2 saturated carbocycles. The topological polar surface area (TPSA) is 74.6 Å². The SMILES string of the molecule is O=C(O)C1CC(C(=O)O)CC(C2CCCCC2)C1. The minimum Gasteiger partial charge on any atom is -0.481 e. The van der Waals surface area contributed by atoms with E-state index in [-0.39, 0.29) is 0 Å². The lowest BCUT2D eigenvalue weighted by Crippen LogP contribution is -2.35. The summed E-state index contributed by atoms with van der Waals surface area (Å²) in [6.45, 7) is 0. The first kappa shape index (κ1) is 13.4. The van der Waals surface area contributed by atoms with E-state index < -0.39 is 23.8 Å². The summed E-state index contributed by atoms with van der Waals surface area (Å²) >= 11 is 0. The summed E-state index contributed by atoms with van der Waals surface area (Å²) in [5, 5.41) is 18.3. The predicted molar refractivity (Wildman–Crippen MR) is 66.2 cm³/mol. The van der Waals surface area contributed by atoms with Crippen molar-refractivity contribution in [2.24, 2.45) is 23.7 Å². The highest BCUT2D eigenvalue weighted by Crippen LogP contribution is 2.42. The smallest absolute Gasteiger partial charge is 0.306 e. The monoisotopic (exact) mass is 254 g/mol. The zero-order valence-corrected chi connectivity index (χ0v) is 10.7. The molecule has 18 heavy (non-hydrogen) atoms. The molecule has 2 aliphatic carbocycles. The average Bonchev–Trinajstić information content (AvgIpc) is 2.39. The van der Waals surface area contributed by atoms with Gasteiger partial charge in [0.05, 0.1) is 11.8 Å². The van der Waals surface area contributed by atoms with Gasteiger partial charge in [0.1, 0.15) is 0 Å². The van der Waals surface area contributed by atoms with Crippen LogP contribution in [0.3, 0.4) is 0 Å². The van der Waals surface area contributed by atoms with Gasteiger partial charge in [-0.1, -0.05) is 32.1 Å². The molecule has 2 rings (SSSR count). The van der Waals surface area contributed by atoms with Crippen LogP contribution in [0, 0.1) is 23.7 Å². The largest absolute Gasteiger partial charge is 0.481 e. The first-order valence-corrected chi connectivity index (χ1v) is 7.03. The third kappa shape index (κ3) is 3.03. The summed E-state index contributed by atoms with van der Waals surface area (Å²) in [4.78, 5) is 22.3. The number of hydrogen-bond acceptors (Lipinski definition) is 2. The van der Waals surface area contributed by atoms with Crippen molar-refractivity contribution in [1.29, 1.82) is 0 Å². The van der Waals surface area contributed by atoms with Gasteiger partial charge >= 0.3 is 11.9 Å². The zero-order valence-electron chi connectivity index (χ0n) is 10.7. The maximum atomic E-state index is 11.2. The molecule has 0 aromatic rings. The number of carbonyl (C=O) groups is 2. The Balaban J connectivity index is 2.04. The fourth-order valence-electron chi connectivity index (χ4n) is 3.76. The summed E-state index contributed by atoms with van der Waals surface area (Å²) in [7, 11) is 0. The predicted octanol–water partition coefficient (Wildman–Crippen LogP) is 2.77. The molecule has 4 nitrogen and oxygen atoms in total. The number of rotatable bonds is 3. The summed E-state index contributed by atoms with van der Waals surface area (Å²) in [6.07, 6.45) is 7.70. The van der Waals surface area contributed by atoms with Crippen LogP contribution in [0.15, 0.2) is 0 Å². The lowest BCUT2D eigenvalue weighted by molar-refractivity contribution is -0.149. The van der Waals surface area contributed by atoms with Gasteiger partial charge in [0.25, 0.3) is 0 Å². The van der Waals surface area contributed by atoms with Crippen LogP contribution in [0.2, 0.25) is 0 Å². The second-order valence-corrected chi connectivity index (χ2v) is 5.94. The summed E-state index contributed by atoms with van der Waals surface area (Å²) in [5.74, 6) is -1.67. The molecule has 0 saturated heterocycles. The van der Waals surface area contributed by atoms with Crippen molar-refractivity contribution in [3.8, 4) is 0 Å². The van der Waals surface area contributed by atoms with Gasteiger partial charge in [-0.2, -0.15) is 0 Å². The first-order valence-electron chi connectivity index (χ1n) is 7.03. The van der Waals surface area contributed by atoms with Crippen LogP contribution in [0.1, 0.15) is 51.4 Å². The summed E-state index contributed by atoms with van der Waals surface area (Å²) in [5.41, 5.74) is 0. The van der Waals surface area contributed by atoms with E-state index in [0.717, 1.165) is 12.8 Å². The Hall–Kier alpha value is -1.06. The molecule has 2 N–H and O–H groups in total. The van der Waals surface area contributed by atoms with Crippen molar-refractivity contribution in [2.45, 2.75) is 51.4 Å². The van der Waals surface area contributed by atoms with E-state index in [9.17, 15) is 9.59 Å². The van der Waals surface area contributed by atoms with Gasteiger partial charge in [0, 0.05) is 0 Å². The van der Waals surface area contributed by atoms with Gasteiger partial charge in [-0.05, 0) is 31.1 Å². The van der Waals surface area contributed by atoms with Crippen LogP contribution >= 0.6 is 0 Å². The van der Waals surface area contributed by atoms with Crippen molar-refractivity contribution >= 4 is 11.9 Å². The van der Waals surface area contributed by atoms with Crippen LogP contribution in [-0.4, -0.2) is 22.2 Å². The fraction of sp³-hybridized carbons (Fsp3) is 0.857. The standard InChI is InChI=1S/C14H22O4/c15-13(16)11-6-10(7-12(8-11)14(17)18)9-4-2-1-3-5-9/h9-12H,1-8H2,(H,15,16)(H,17,18). The van der Waals surface area contributed by atoms with E-state index in [2.05, 4.69) is 0 Å². The highest BCUT2D eigenvalue weighted by molar-refractivity contribution is 5.74. The molecule has 0 bridgehead atoms. The Morgan fingerprint density at radius 2 is 1.22 bits per heavy atom. The molecule has 0 radical (unpaired) electrons. The maximum absolute atomic E-state index is 11.2. The minimum absolute atomic E-state index is 0.307. The molecule has 4 heteroatoms. The van der Waals surface area contributed by atoms with Crippen molar-refractivity contribution in [3.63, 3.8) is 0 Å². The van der Waals surface area contributed by atoms with Crippen molar-refractivity contribution in [2.75, 3.05) is 0 Å². The molecular weight excluding hydrogens is 232 g/mol. The molecule has 2 fully saturated rings. The van der Waals surface area contributed by atoms with E-state index in [0.29, 0.717) is 31.1 Å². The number of carboxylic acid groups (broad SMARTS) is 2. The Labute approximate surface area is 107 Å². The van der Waals surface area contributed by atoms with Crippen LogP contribution in [0.5, 0.6) is 0 Å². The van der Waals surface area contributed by atoms with Gasteiger partial charge in [-0.25, -0.2) is 0 Å². The molecule has 102 valence electrons. The van der Waals surface area contributed by atoms with E-state index in [1.165, 1.54) is 19.3 Å². The van der Waals surface area contributed by atoms with Crippen LogP contribution in [0.4, 0.5) is 0 Å². The van der Waals surface area contributed by atoms with Gasteiger partial charge in [0.2, 0.25) is 0 Å². The van der Waals surface area contributed by atoms with Crippen molar-refractivity contribution < 1.29 is 19.8 Å². The molecule has 0 amide bonds. The molecule has 0 aromatic heterocycles. The molecule has 2 unspecified atom stereocenters. The number of aliphatic carboxylic acids is 2. The summed E-state index contributed by atoms with van der Waals surface area (Å²) < 4.78 is 0. The van der Waals surface area contributed by atoms with Crippen LogP contribution in [0.25, 0.3) is 0 Å². The minimum atomic E-state index is -0.818. The molecule has 0 aromatic carbocycles. The highest BCUT2D eigenvalue weighted by atomic mass is 16.4. The van der Waals surface area contributed by atoms with Gasteiger partial charge in [-0.15, -0.1) is 0 Å². The van der Waals surface area contributed by atoms with E-state index in [1.54, 1.807) is 0 Å². The average molecular weight is 254 g/mol. The Kier molecular flexibility index (Phi) is 4.25. The molecule has 0 spiro atoms. The Morgan fingerprint density at radius 1 is 0.722 bits per heavy atom. The lowest BCUT2D eigenvalue weighted by Gasteiger charge is -2.37.